The lowest BCUT2D eigenvalue weighted by Crippen LogP contribution is -1.97. The summed E-state index contributed by atoms with van der Waals surface area (Å²) in [7, 11) is 1.63. The summed E-state index contributed by atoms with van der Waals surface area (Å²) >= 11 is 0. The number of hydrogen-bond acceptors (Lipinski definition) is 5. The molecule has 118 valence electrons. The van der Waals surface area contributed by atoms with Crippen molar-refractivity contribution in [2.75, 3.05) is 0 Å². The molecular formula is C16H14FN3O3. The van der Waals surface area contributed by atoms with Crippen LogP contribution in [0.15, 0.2) is 22.7 Å². The topological polar surface area (TPSA) is 81.2 Å². The maximum Gasteiger partial charge on any atom is 0.168 e. The van der Waals surface area contributed by atoms with Crippen LogP contribution in [0.25, 0.3) is 22.4 Å². The number of carbonyl (C=O) groups is 1. The first kappa shape index (κ1) is 15.0. The Morgan fingerprint density at radius 3 is 2.61 bits per heavy atom. The van der Waals surface area contributed by atoms with Crippen LogP contribution in [0.2, 0.25) is 0 Å². The normalized spacial score (nSPS) is 11.0. The van der Waals surface area contributed by atoms with Gasteiger partial charge in [0.05, 0.1) is 11.3 Å². The highest BCUT2D eigenvalue weighted by atomic mass is 19.1. The van der Waals surface area contributed by atoms with Gasteiger partial charge in [-0.1, -0.05) is 5.16 Å². The first-order valence-corrected chi connectivity index (χ1v) is 6.88. The molecule has 0 unspecified atom stereocenters. The molecule has 0 radical (unpaired) electrons. The van der Waals surface area contributed by atoms with Gasteiger partial charge in [-0.25, -0.2) is 4.39 Å². The number of aldehydes is 1. The molecule has 0 atom stereocenters. The van der Waals surface area contributed by atoms with Crippen LogP contribution in [-0.4, -0.2) is 26.3 Å². The minimum absolute atomic E-state index is 0.336. The summed E-state index contributed by atoms with van der Waals surface area (Å²) < 4.78 is 20.3. The maximum atomic E-state index is 13.7. The number of phenols is 1. The molecule has 3 aromatic rings. The van der Waals surface area contributed by atoms with Crippen molar-refractivity contribution < 1.29 is 18.8 Å². The van der Waals surface area contributed by atoms with E-state index in [4.69, 9.17) is 4.52 Å². The highest BCUT2D eigenvalue weighted by Crippen LogP contribution is 2.38. The van der Waals surface area contributed by atoms with E-state index in [1.165, 1.54) is 22.9 Å². The highest BCUT2D eigenvalue weighted by molar-refractivity contribution is 5.94. The van der Waals surface area contributed by atoms with Gasteiger partial charge in [0.1, 0.15) is 17.1 Å². The fraction of sp³-hybridized carbons (Fsp3) is 0.188. The van der Waals surface area contributed by atoms with Gasteiger partial charge in [0, 0.05) is 18.2 Å². The Kier molecular flexibility index (Phi) is 3.48. The molecule has 0 aliphatic rings. The lowest BCUT2D eigenvalue weighted by atomic mass is 9.97. The molecule has 2 heterocycles. The van der Waals surface area contributed by atoms with Gasteiger partial charge in [-0.3, -0.25) is 9.48 Å². The Bertz CT molecular complexity index is 892. The van der Waals surface area contributed by atoms with Gasteiger partial charge in [0.25, 0.3) is 0 Å². The average Bonchev–Trinajstić information content (AvgIpc) is 3.01. The Hall–Kier alpha value is -2.96. The Labute approximate surface area is 131 Å². The smallest absolute Gasteiger partial charge is 0.168 e. The minimum Gasteiger partial charge on any atom is -0.505 e. The number of halogens is 1. The van der Waals surface area contributed by atoms with Crippen molar-refractivity contribution in [3.05, 3.63) is 41.2 Å². The predicted octanol–water partition coefficient (Wildman–Crippen LogP) is 3.02. The lowest BCUT2D eigenvalue weighted by Gasteiger charge is -2.04. The average molecular weight is 315 g/mol. The number of nitrogens with zero attached hydrogens (tertiary/aromatic N) is 3. The Balaban J connectivity index is 2.34. The molecule has 0 spiro atoms. The van der Waals surface area contributed by atoms with Gasteiger partial charge in [-0.15, -0.1) is 0 Å². The molecule has 0 aliphatic heterocycles. The Morgan fingerprint density at radius 1 is 1.30 bits per heavy atom. The molecule has 23 heavy (non-hydrogen) atoms. The van der Waals surface area contributed by atoms with E-state index in [0.29, 0.717) is 45.8 Å². The molecule has 0 saturated heterocycles. The second-order valence-corrected chi connectivity index (χ2v) is 5.22. The van der Waals surface area contributed by atoms with E-state index in [1.54, 1.807) is 20.9 Å². The molecule has 3 rings (SSSR count). The van der Waals surface area contributed by atoms with E-state index in [0.717, 1.165) is 0 Å². The fourth-order valence-corrected chi connectivity index (χ4v) is 2.61. The van der Waals surface area contributed by atoms with Crippen LogP contribution in [0.1, 0.15) is 21.9 Å². The van der Waals surface area contributed by atoms with E-state index in [2.05, 4.69) is 10.3 Å². The number of phenolic OH excluding ortho intramolecular Hbond substituents is 1. The van der Waals surface area contributed by atoms with Crippen LogP contribution in [-0.2, 0) is 7.05 Å². The predicted molar refractivity (Wildman–Crippen MR) is 80.6 cm³/mol. The van der Waals surface area contributed by atoms with E-state index in [-0.39, 0.29) is 0 Å². The fourth-order valence-electron chi connectivity index (χ4n) is 2.61. The molecule has 6 nitrogen and oxygen atoms in total. The second kappa shape index (κ2) is 5.35. The van der Waals surface area contributed by atoms with Gasteiger partial charge in [-0.05, 0) is 32.0 Å². The third kappa shape index (κ3) is 2.30. The molecule has 0 aliphatic carbocycles. The van der Waals surface area contributed by atoms with Crippen molar-refractivity contribution in [1.82, 2.24) is 14.9 Å². The molecule has 2 aromatic heterocycles. The number of benzene rings is 1. The summed E-state index contributed by atoms with van der Waals surface area (Å²) in [5.74, 6) is -0.663. The van der Waals surface area contributed by atoms with Crippen molar-refractivity contribution in [2.45, 2.75) is 13.8 Å². The number of aryl methyl sites for hydroxylation is 3. The maximum absolute atomic E-state index is 13.7. The standard InChI is InChI=1S/C16H14FN3O3/c1-8-14(9(2)23-19-8)15-12(7-21)20(3)18-16(15)10-4-5-13(22)11(17)6-10/h4-7,22H,1-3H3. The number of aromatic hydroxyl groups is 1. The monoisotopic (exact) mass is 315 g/mol. The van der Waals surface area contributed by atoms with Gasteiger partial charge >= 0.3 is 0 Å². The molecular weight excluding hydrogens is 301 g/mol. The quantitative estimate of drug-likeness (QED) is 0.751. The molecule has 7 heteroatoms. The summed E-state index contributed by atoms with van der Waals surface area (Å²) in [6.07, 6.45) is 0.689. The first-order chi connectivity index (χ1) is 10.9. The second-order valence-electron chi connectivity index (χ2n) is 5.22. The van der Waals surface area contributed by atoms with Crippen molar-refractivity contribution in [3.63, 3.8) is 0 Å². The third-order valence-corrected chi connectivity index (χ3v) is 3.71. The molecule has 1 aromatic carbocycles. The number of rotatable bonds is 3. The van der Waals surface area contributed by atoms with E-state index >= 15 is 0 Å². The zero-order chi connectivity index (χ0) is 16.7. The summed E-state index contributed by atoms with van der Waals surface area (Å²) in [5.41, 5.74) is 3.00. The first-order valence-electron chi connectivity index (χ1n) is 6.88. The van der Waals surface area contributed by atoms with Gasteiger partial charge in [-0.2, -0.15) is 5.10 Å². The van der Waals surface area contributed by atoms with Crippen LogP contribution >= 0.6 is 0 Å². The SMILES string of the molecule is Cc1noc(C)c1-c1c(-c2ccc(O)c(F)c2)nn(C)c1C=O. The van der Waals surface area contributed by atoms with E-state index in [1.807, 2.05) is 0 Å². The van der Waals surface area contributed by atoms with Crippen molar-refractivity contribution in [2.24, 2.45) is 7.05 Å². The van der Waals surface area contributed by atoms with Crippen molar-refractivity contribution in [3.8, 4) is 28.1 Å². The van der Waals surface area contributed by atoms with Crippen LogP contribution in [0.5, 0.6) is 5.75 Å². The van der Waals surface area contributed by atoms with Crippen LogP contribution in [0, 0.1) is 19.7 Å². The largest absolute Gasteiger partial charge is 0.505 e. The van der Waals surface area contributed by atoms with Crippen LogP contribution < -0.4 is 0 Å². The number of hydrogen-bond donors (Lipinski definition) is 1. The zero-order valence-corrected chi connectivity index (χ0v) is 12.8. The molecule has 0 amide bonds. The minimum atomic E-state index is -0.759. The highest BCUT2D eigenvalue weighted by Gasteiger charge is 2.24. The van der Waals surface area contributed by atoms with Crippen molar-refractivity contribution in [1.29, 1.82) is 0 Å². The lowest BCUT2D eigenvalue weighted by molar-refractivity contribution is 0.111. The zero-order valence-electron chi connectivity index (χ0n) is 12.8. The molecule has 0 bridgehead atoms. The molecule has 0 fully saturated rings. The summed E-state index contributed by atoms with van der Waals surface area (Å²) in [6.45, 7) is 3.49. The van der Waals surface area contributed by atoms with E-state index < -0.39 is 11.6 Å². The van der Waals surface area contributed by atoms with Crippen LogP contribution in [0.3, 0.4) is 0 Å². The molecule has 1 N–H and O–H groups in total. The van der Waals surface area contributed by atoms with Crippen LogP contribution in [0.4, 0.5) is 4.39 Å². The van der Waals surface area contributed by atoms with Gasteiger partial charge in [0.15, 0.2) is 17.9 Å². The van der Waals surface area contributed by atoms with Gasteiger partial charge < -0.3 is 9.63 Å². The number of carbonyl (C=O) groups excluding carboxylic acids is 1. The van der Waals surface area contributed by atoms with Crippen molar-refractivity contribution >= 4 is 6.29 Å². The summed E-state index contributed by atoms with van der Waals surface area (Å²) in [5, 5.41) is 17.6. The third-order valence-electron chi connectivity index (χ3n) is 3.71. The Morgan fingerprint density at radius 2 is 2.04 bits per heavy atom. The van der Waals surface area contributed by atoms with Gasteiger partial charge in [0.2, 0.25) is 0 Å². The molecule has 0 saturated carbocycles. The summed E-state index contributed by atoms with van der Waals surface area (Å²) in [6, 6.07) is 3.96. The number of aromatic nitrogens is 3. The van der Waals surface area contributed by atoms with E-state index in [9.17, 15) is 14.3 Å². The summed E-state index contributed by atoms with van der Waals surface area (Å²) in [4.78, 5) is 11.5.